The summed E-state index contributed by atoms with van der Waals surface area (Å²) in [7, 11) is 0. The van der Waals surface area contributed by atoms with E-state index in [1.54, 1.807) is 0 Å². The van der Waals surface area contributed by atoms with Gasteiger partial charge in [-0.15, -0.1) is 24.0 Å². The van der Waals surface area contributed by atoms with Crippen LogP contribution >= 0.6 is 24.0 Å². The lowest BCUT2D eigenvalue weighted by Gasteiger charge is -2.37. The lowest BCUT2D eigenvalue weighted by molar-refractivity contribution is 0.00685. The predicted molar refractivity (Wildman–Crippen MR) is 86.9 cm³/mol. The highest BCUT2D eigenvalue weighted by molar-refractivity contribution is 14.0. The number of hydrogen-bond acceptors (Lipinski definition) is 3. The van der Waals surface area contributed by atoms with Crippen molar-refractivity contribution in [3.8, 4) is 0 Å². The monoisotopic (exact) mass is 383 g/mol. The molecule has 2 aliphatic rings. The number of nitrogens with two attached hydrogens (primary N) is 1. The first-order valence-corrected chi connectivity index (χ1v) is 6.92. The maximum absolute atomic E-state index is 10.1. The second-order valence-electron chi connectivity index (χ2n) is 5.69. The molecular weight excluding hydrogens is 357 g/mol. The Labute approximate surface area is 132 Å². The van der Waals surface area contributed by atoms with Gasteiger partial charge in [0, 0.05) is 18.5 Å². The van der Waals surface area contributed by atoms with Crippen LogP contribution in [0.15, 0.2) is 4.99 Å². The molecule has 0 aromatic rings. The summed E-state index contributed by atoms with van der Waals surface area (Å²) in [5, 5.41) is 10.1. The molecule has 5 nitrogen and oxygen atoms in total. The molecule has 112 valence electrons. The molecule has 19 heavy (non-hydrogen) atoms. The number of aliphatic imine (C=N–C) groups is 1. The van der Waals surface area contributed by atoms with Gasteiger partial charge in [0.05, 0.1) is 25.9 Å². The van der Waals surface area contributed by atoms with E-state index in [1.165, 1.54) is 6.42 Å². The third-order valence-corrected chi connectivity index (χ3v) is 4.22. The highest BCUT2D eigenvalue weighted by atomic mass is 127. The van der Waals surface area contributed by atoms with Crippen molar-refractivity contribution in [2.75, 3.05) is 32.8 Å². The maximum atomic E-state index is 10.1. The van der Waals surface area contributed by atoms with Crippen molar-refractivity contribution in [3.05, 3.63) is 0 Å². The van der Waals surface area contributed by atoms with Gasteiger partial charge in [0.25, 0.3) is 0 Å². The van der Waals surface area contributed by atoms with E-state index in [1.807, 2.05) is 0 Å². The number of guanidine groups is 1. The lowest BCUT2D eigenvalue weighted by Crippen LogP contribution is -2.46. The Morgan fingerprint density at radius 3 is 2.74 bits per heavy atom. The van der Waals surface area contributed by atoms with Crippen LogP contribution in [0, 0.1) is 5.41 Å². The summed E-state index contributed by atoms with van der Waals surface area (Å²) in [6, 6.07) is 0. The molecule has 2 fully saturated rings. The van der Waals surface area contributed by atoms with Crippen LogP contribution in [0.2, 0.25) is 0 Å². The van der Waals surface area contributed by atoms with Crippen molar-refractivity contribution in [2.45, 2.75) is 38.7 Å². The SMILES string of the molecule is CC1(CN=C(N)N2CCOCC2)CCCCC1O.I. The molecule has 6 heteroatoms. The van der Waals surface area contributed by atoms with E-state index in [2.05, 4.69) is 16.8 Å². The zero-order valence-corrected chi connectivity index (χ0v) is 14.0. The van der Waals surface area contributed by atoms with Gasteiger partial charge in [0.1, 0.15) is 0 Å². The van der Waals surface area contributed by atoms with Gasteiger partial charge in [-0.05, 0) is 12.8 Å². The summed E-state index contributed by atoms with van der Waals surface area (Å²) in [5.74, 6) is 0.595. The molecule has 1 saturated heterocycles. The Morgan fingerprint density at radius 2 is 2.11 bits per heavy atom. The van der Waals surface area contributed by atoms with Crippen LogP contribution in [0.5, 0.6) is 0 Å². The fourth-order valence-corrected chi connectivity index (χ4v) is 2.72. The standard InChI is InChI=1S/C13H25N3O2.HI/c1-13(5-3-2-4-11(13)17)10-15-12(14)16-6-8-18-9-7-16;/h11,17H,2-10H2,1H3,(H2,14,15);1H. The van der Waals surface area contributed by atoms with Gasteiger partial charge < -0.3 is 20.5 Å². The summed E-state index contributed by atoms with van der Waals surface area (Å²) in [5.41, 5.74) is 5.91. The number of morpholine rings is 1. The van der Waals surface area contributed by atoms with Crippen LogP contribution < -0.4 is 5.73 Å². The quantitative estimate of drug-likeness (QED) is 0.427. The van der Waals surface area contributed by atoms with Crippen LogP contribution in [-0.4, -0.2) is 54.9 Å². The number of hydrogen-bond donors (Lipinski definition) is 2. The molecule has 0 radical (unpaired) electrons. The number of ether oxygens (including phenoxy) is 1. The molecule has 1 aliphatic heterocycles. The number of aliphatic hydroxyl groups excluding tert-OH is 1. The average molecular weight is 383 g/mol. The smallest absolute Gasteiger partial charge is 0.191 e. The van der Waals surface area contributed by atoms with Crippen LogP contribution in [0.3, 0.4) is 0 Å². The van der Waals surface area contributed by atoms with Crippen LogP contribution in [0.1, 0.15) is 32.6 Å². The normalized spacial score (nSPS) is 32.8. The van der Waals surface area contributed by atoms with Gasteiger partial charge in [0.15, 0.2) is 5.96 Å². The number of nitrogens with zero attached hydrogens (tertiary/aromatic N) is 2. The molecule has 0 amide bonds. The first kappa shape index (κ1) is 17.0. The summed E-state index contributed by atoms with van der Waals surface area (Å²) in [4.78, 5) is 6.56. The number of halogens is 1. The molecular formula is C13H26IN3O2. The number of aliphatic hydroxyl groups is 1. The Bertz CT molecular complexity index is 308. The molecule has 1 heterocycles. The van der Waals surface area contributed by atoms with Gasteiger partial charge in [-0.1, -0.05) is 19.8 Å². The molecule has 0 bridgehead atoms. The summed E-state index contributed by atoms with van der Waals surface area (Å²) >= 11 is 0. The van der Waals surface area contributed by atoms with Crippen molar-refractivity contribution in [3.63, 3.8) is 0 Å². The van der Waals surface area contributed by atoms with Crippen LogP contribution in [0.4, 0.5) is 0 Å². The highest BCUT2D eigenvalue weighted by Crippen LogP contribution is 2.36. The van der Waals surface area contributed by atoms with Gasteiger partial charge in [-0.25, -0.2) is 0 Å². The molecule has 1 aliphatic carbocycles. The third-order valence-electron chi connectivity index (χ3n) is 4.22. The van der Waals surface area contributed by atoms with E-state index < -0.39 is 0 Å². The van der Waals surface area contributed by atoms with Gasteiger partial charge in [-0.2, -0.15) is 0 Å². The van der Waals surface area contributed by atoms with Crippen molar-refractivity contribution in [2.24, 2.45) is 16.1 Å². The van der Waals surface area contributed by atoms with Crippen molar-refractivity contribution < 1.29 is 9.84 Å². The number of rotatable bonds is 2. The Hall–Kier alpha value is -0.0800. The predicted octanol–water partition coefficient (Wildman–Crippen LogP) is 1.19. The van der Waals surface area contributed by atoms with E-state index in [-0.39, 0.29) is 35.5 Å². The first-order valence-electron chi connectivity index (χ1n) is 6.92. The zero-order valence-electron chi connectivity index (χ0n) is 11.7. The highest BCUT2D eigenvalue weighted by Gasteiger charge is 2.35. The van der Waals surface area contributed by atoms with E-state index in [0.29, 0.717) is 12.5 Å². The minimum Gasteiger partial charge on any atom is -0.392 e. The van der Waals surface area contributed by atoms with Gasteiger partial charge >= 0.3 is 0 Å². The van der Waals surface area contributed by atoms with E-state index in [9.17, 15) is 5.11 Å². The second-order valence-corrected chi connectivity index (χ2v) is 5.69. The van der Waals surface area contributed by atoms with E-state index in [4.69, 9.17) is 10.5 Å². The van der Waals surface area contributed by atoms with Crippen molar-refractivity contribution in [1.82, 2.24) is 4.90 Å². The third kappa shape index (κ3) is 4.46. The minimum atomic E-state index is -0.243. The molecule has 2 unspecified atom stereocenters. The molecule has 0 aromatic heterocycles. The Balaban J connectivity index is 0.00000180. The Morgan fingerprint density at radius 1 is 1.42 bits per heavy atom. The van der Waals surface area contributed by atoms with Crippen LogP contribution in [-0.2, 0) is 4.74 Å². The largest absolute Gasteiger partial charge is 0.392 e. The summed E-state index contributed by atoms with van der Waals surface area (Å²) in [6.07, 6.45) is 3.99. The summed E-state index contributed by atoms with van der Waals surface area (Å²) < 4.78 is 5.29. The van der Waals surface area contributed by atoms with Crippen molar-refractivity contribution >= 4 is 29.9 Å². The molecule has 2 rings (SSSR count). The maximum Gasteiger partial charge on any atom is 0.191 e. The second kappa shape index (κ2) is 7.64. The van der Waals surface area contributed by atoms with Gasteiger partial charge in [-0.3, -0.25) is 4.99 Å². The van der Waals surface area contributed by atoms with E-state index in [0.717, 1.165) is 45.6 Å². The summed E-state index contributed by atoms with van der Waals surface area (Å²) in [6.45, 7) is 5.81. The average Bonchev–Trinajstić information content (AvgIpc) is 2.41. The van der Waals surface area contributed by atoms with Crippen LogP contribution in [0.25, 0.3) is 0 Å². The minimum absolute atomic E-state index is 0. The van der Waals surface area contributed by atoms with Gasteiger partial charge in [0.2, 0.25) is 0 Å². The molecule has 0 spiro atoms. The zero-order chi connectivity index (χ0) is 13.0. The molecule has 0 aromatic carbocycles. The molecule has 2 atom stereocenters. The topological polar surface area (TPSA) is 71.1 Å². The fraction of sp³-hybridized carbons (Fsp3) is 0.923. The van der Waals surface area contributed by atoms with E-state index >= 15 is 0 Å². The first-order chi connectivity index (χ1) is 8.62. The fourth-order valence-electron chi connectivity index (χ4n) is 2.72. The molecule has 1 saturated carbocycles. The van der Waals surface area contributed by atoms with Crippen molar-refractivity contribution in [1.29, 1.82) is 0 Å². The lowest BCUT2D eigenvalue weighted by atomic mass is 9.73. The molecule has 3 N–H and O–H groups in total. The Kier molecular flexibility index (Phi) is 6.82.